The van der Waals surface area contributed by atoms with Crippen LogP contribution in [0.2, 0.25) is 0 Å². The smallest absolute Gasteiger partial charge is 0.337 e. The number of nitrogens with one attached hydrogen (secondary N) is 1. The standard InChI is InChI=1S/C33H32N2O5/c1-3-40-33(39)30(34-29-15-8-7-14-28(29)32(37)38)21-23-16-18-25(19-17-23)27-13-9-10-24(20-27)22-35(2)31(36)26-11-5-4-6-12-26/h4-20,30,34H,3,21-22H2,1-2H3,(H,37,38)/t30-/m0/s1. The molecule has 0 aliphatic heterocycles. The van der Waals surface area contributed by atoms with Gasteiger partial charge in [0.1, 0.15) is 6.04 Å². The molecule has 1 atom stereocenters. The first-order valence-corrected chi connectivity index (χ1v) is 13.1. The number of rotatable bonds is 11. The van der Waals surface area contributed by atoms with Crippen LogP contribution in [-0.4, -0.2) is 47.5 Å². The number of aromatic carboxylic acids is 1. The van der Waals surface area contributed by atoms with Crippen molar-refractivity contribution in [2.45, 2.75) is 25.9 Å². The van der Waals surface area contributed by atoms with Crippen LogP contribution in [0.15, 0.2) is 103 Å². The van der Waals surface area contributed by atoms with Crippen LogP contribution in [0.25, 0.3) is 11.1 Å². The summed E-state index contributed by atoms with van der Waals surface area (Å²) in [4.78, 5) is 38.8. The van der Waals surface area contributed by atoms with Crippen LogP contribution in [0.5, 0.6) is 0 Å². The molecule has 0 spiro atoms. The zero-order valence-electron chi connectivity index (χ0n) is 22.5. The van der Waals surface area contributed by atoms with Crippen molar-refractivity contribution in [1.29, 1.82) is 0 Å². The third-order valence-electron chi connectivity index (χ3n) is 6.50. The van der Waals surface area contributed by atoms with Gasteiger partial charge in [0.25, 0.3) is 5.91 Å². The van der Waals surface area contributed by atoms with E-state index in [1.807, 2.05) is 72.8 Å². The Morgan fingerprint density at radius 3 is 2.23 bits per heavy atom. The van der Waals surface area contributed by atoms with Gasteiger partial charge in [0, 0.05) is 31.3 Å². The molecule has 40 heavy (non-hydrogen) atoms. The number of para-hydroxylation sites is 1. The summed E-state index contributed by atoms with van der Waals surface area (Å²) in [6, 6.07) is 30.9. The van der Waals surface area contributed by atoms with E-state index in [2.05, 4.69) is 11.4 Å². The molecule has 4 aromatic carbocycles. The molecule has 2 N–H and O–H groups in total. The average Bonchev–Trinajstić information content (AvgIpc) is 2.97. The first-order valence-electron chi connectivity index (χ1n) is 13.1. The van der Waals surface area contributed by atoms with Crippen LogP contribution < -0.4 is 5.32 Å². The molecule has 0 aliphatic carbocycles. The molecule has 0 radical (unpaired) electrons. The normalized spacial score (nSPS) is 11.3. The minimum atomic E-state index is -1.08. The number of anilines is 1. The number of esters is 1. The number of amides is 1. The van der Waals surface area contributed by atoms with Crippen LogP contribution in [-0.2, 0) is 22.5 Å². The minimum Gasteiger partial charge on any atom is -0.478 e. The van der Waals surface area contributed by atoms with Crippen molar-refractivity contribution in [3.63, 3.8) is 0 Å². The van der Waals surface area contributed by atoms with Crippen molar-refractivity contribution >= 4 is 23.5 Å². The zero-order valence-corrected chi connectivity index (χ0v) is 22.5. The summed E-state index contributed by atoms with van der Waals surface area (Å²) in [5.74, 6) is -1.56. The van der Waals surface area contributed by atoms with Gasteiger partial charge in [-0.25, -0.2) is 9.59 Å². The van der Waals surface area contributed by atoms with Crippen molar-refractivity contribution in [2.75, 3.05) is 19.0 Å². The fourth-order valence-corrected chi connectivity index (χ4v) is 4.48. The Labute approximate surface area is 234 Å². The maximum Gasteiger partial charge on any atom is 0.337 e. The molecule has 4 aromatic rings. The first kappa shape index (κ1) is 28.1. The summed E-state index contributed by atoms with van der Waals surface area (Å²) in [5.41, 5.74) is 5.02. The van der Waals surface area contributed by atoms with Gasteiger partial charge in [0.2, 0.25) is 0 Å². The highest BCUT2D eigenvalue weighted by Gasteiger charge is 2.22. The largest absolute Gasteiger partial charge is 0.478 e. The summed E-state index contributed by atoms with van der Waals surface area (Å²) in [7, 11) is 1.79. The third-order valence-corrected chi connectivity index (χ3v) is 6.50. The number of hydrogen-bond acceptors (Lipinski definition) is 5. The highest BCUT2D eigenvalue weighted by atomic mass is 16.5. The Kier molecular flexibility index (Phi) is 9.31. The topological polar surface area (TPSA) is 95.9 Å². The molecule has 4 rings (SSSR count). The second-order valence-corrected chi connectivity index (χ2v) is 9.43. The fraction of sp³-hybridized carbons (Fsp3) is 0.182. The first-order chi connectivity index (χ1) is 19.4. The van der Waals surface area contributed by atoms with E-state index in [-0.39, 0.29) is 18.1 Å². The summed E-state index contributed by atoms with van der Waals surface area (Å²) in [6.07, 6.45) is 0.319. The van der Waals surface area contributed by atoms with Gasteiger partial charge in [0.15, 0.2) is 0 Å². The maximum atomic E-state index is 12.7. The van der Waals surface area contributed by atoms with Gasteiger partial charge in [0.05, 0.1) is 12.2 Å². The van der Waals surface area contributed by atoms with Crippen LogP contribution >= 0.6 is 0 Å². The molecule has 1 amide bonds. The lowest BCUT2D eigenvalue weighted by molar-refractivity contribution is -0.144. The van der Waals surface area contributed by atoms with Gasteiger partial charge in [-0.1, -0.05) is 72.8 Å². The molecule has 0 aromatic heterocycles. The molecule has 0 fully saturated rings. The van der Waals surface area contributed by atoms with E-state index in [0.29, 0.717) is 24.2 Å². The predicted octanol–water partition coefficient (Wildman–Crippen LogP) is 5.91. The Hall–Kier alpha value is -4.91. The van der Waals surface area contributed by atoms with Crippen molar-refractivity contribution in [3.8, 4) is 11.1 Å². The van der Waals surface area contributed by atoms with Gasteiger partial charge in [-0.15, -0.1) is 0 Å². The van der Waals surface area contributed by atoms with Gasteiger partial charge in [-0.05, 0) is 59.5 Å². The van der Waals surface area contributed by atoms with E-state index >= 15 is 0 Å². The number of hydrogen-bond donors (Lipinski definition) is 2. The van der Waals surface area contributed by atoms with E-state index in [4.69, 9.17) is 4.74 Å². The third kappa shape index (κ3) is 7.14. The molecular formula is C33H32N2O5. The van der Waals surface area contributed by atoms with Crippen LogP contribution in [0.4, 0.5) is 5.69 Å². The summed E-state index contributed by atoms with van der Waals surface area (Å²) >= 11 is 0. The highest BCUT2D eigenvalue weighted by Crippen LogP contribution is 2.24. The van der Waals surface area contributed by atoms with Crippen molar-refractivity contribution in [3.05, 3.63) is 125 Å². The monoisotopic (exact) mass is 536 g/mol. The van der Waals surface area contributed by atoms with Gasteiger partial charge < -0.3 is 20.1 Å². The lowest BCUT2D eigenvalue weighted by Crippen LogP contribution is -2.34. The summed E-state index contributed by atoms with van der Waals surface area (Å²) in [5, 5.41) is 12.6. The maximum absolute atomic E-state index is 12.7. The molecule has 7 heteroatoms. The lowest BCUT2D eigenvalue weighted by atomic mass is 9.99. The molecule has 0 saturated carbocycles. The summed E-state index contributed by atoms with van der Waals surface area (Å²) in [6.45, 7) is 2.43. The van der Waals surface area contributed by atoms with Crippen LogP contribution in [0.1, 0.15) is 38.8 Å². The Morgan fingerprint density at radius 2 is 1.52 bits per heavy atom. The number of carbonyl (C=O) groups excluding carboxylic acids is 2. The Bertz CT molecular complexity index is 1470. The van der Waals surface area contributed by atoms with E-state index in [9.17, 15) is 19.5 Å². The van der Waals surface area contributed by atoms with E-state index in [0.717, 1.165) is 22.3 Å². The minimum absolute atomic E-state index is 0.0360. The second-order valence-electron chi connectivity index (χ2n) is 9.43. The van der Waals surface area contributed by atoms with E-state index in [1.165, 1.54) is 6.07 Å². The fourth-order valence-electron chi connectivity index (χ4n) is 4.48. The van der Waals surface area contributed by atoms with Crippen LogP contribution in [0.3, 0.4) is 0 Å². The molecule has 0 saturated heterocycles. The SMILES string of the molecule is CCOC(=O)[C@H](Cc1ccc(-c2cccc(CN(C)C(=O)c3ccccc3)c2)cc1)Nc1ccccc1C(=O)O. The van der Waals surface area contributed by atoms with Crippen LogP contribution in [0, 0.1) is 0 Å². The predicted molar refractivity (Wildman–Crippen MR) is 155 cm³/mol. The molecule has 0 bridgehead atoms. The number of ether oxygens (including phenoxy) is 1. The molecule has 7 nitrogen and oxygen atoms in total. The number of benzene rings is 4. The van der Waals surface area contributed by atoms with E-state index in [1.54, 1.807) is 37.1 Å². The van der Waals surface area contributed by atoms with Gasteiger partial charge in [-0.3, -0.25) is 4.79 Å². The lowest BCUT2D eigenvalue weighted by Gasteiger charge is -2.20. The zero-order chi connectivity index (χ0) is 28.5. The number of carboxylic acids is 1. The molecule has 204 valence electrons. The quantitative estimate of drug-likeness (QED) is 0.231. The average molecular weight is 537 g/mol. The van der Waals surface area contributed by atoms with Gasteiger partial charge >= 0.3 is 11.9 Å². The van der Waals surface area contributed by atoms with Crippen molar-refractivity contribution in [2.24, 2.45) is 0 Å². The molecule has 0 aliphatic rings. The van der Waals surface area contributed by atoms with E-state index < -0.39 is 18.0 Å². The molecule has 0 heterocycles. The number of carbonyl (C=O) groups is 3. The second kappa shape index (κ2) is 13.2. The van der Waals surface area contributed by atoms with Crippen molar-refractivity contribution < 1.29 is 24.2 Å². The highest BCUT2D eigenvalue weighted by molar-refractivity contribution is 5.95. The number of carboxylic acid groups (broad SMARTS) is 1. The molecular weight excluding hydrogens is 504 g/mol. The summed E-state index contributed by atoms with van der Waals surface area (Å²) < 4.78 is 5.25. The number of nitrogens with zero attached hydrogens (tertiary/aromatic N) is 1. The Morgan fingerprint density at radius 1 is 0.825 bits per heavy atom. The van der Waals surface area contributed by atoms with Crippen molar-refractivity contribution in [1.82, 2.24) is 4.90 Å². The Balaban J connectivity index is 1.47. The van der Waals surface area contributed by atoms with Gasteiger partial charge in [-0.2, -0.15) is 0 Å². The molecule has 0 unspecified atom stereocenters.